The third-order valence-electron chi connectivity index (χ3n) is 5.32. The van der Waals surface area contributed by atoms with Gasteiger partial charge in [0.15, 0.2) is 0 Å². The molecule has 1 fully saturated rings. The normalized spacial score (nSPS) is 19.2. The lowest BCUT2D eigenvalue weighted by atomic mass is 9.78. The van der Waals surface area contributed by atoms with Gasteiger partial charge in [0, 0.05) is 30.4 Å². The van der Waals surface area contributed by atoms with Gasteiger partial charge in [-0.15, -0.1) is 10.2 Å². The number of hydrogen-bond acceptors (Lipinski definition) is 4. The van der Waals surface area contributed by atoms with Crippen molar-refractivity contribution in [3.05, 3.63) is 59.2 Å². The second-order valence-electron chi connectivity index (χ2n) is 7.84. The van der Waals surface area contributed by atoms with Gasteiger partial charge < -0.3 is 4.90 Å². The molecule has 3 aromatic rings. The van der Waals surface area contributed by atoms with Gasteiger partial charge in [0.1, 0.15) is 0 Å². The third kappa shape index (κ3) is 2.66. The molecular formula is C20H23N5O. The first-order chi connectivity index (χ1) is 12.4. The van der Waals surface area contributed by atoms with Crippen LogP contribution in [0.1, 0.15) is 47.3 Å². The molecule has 1 aliphatic heterocycles. The Balaban J connectivity index is 1.68. The molecule has 134 valence electrons. The second kappa shape index (κ2) is 5.90. The molecule has 0 unspecified atom stereocenters. The second-order valence-corrected chi connectivity index (χ2v) is 7.84. The van der Waals surface area contributed by atoms with E-state index in [1.165, 1.54) is 5.56 Å². The Bertz CT molecular complexity index is 977. The Kier molecular flexibility index (Phi) is 3.79. The average molecular weight is 349 g/mol. The summed E-state index contributed by atoms with van der Waals surface area (Å²) >= 11 is 0. The molecule has 1 amide bonds. The molecule has 0 radical (unpaired) electrons. The minimum absolute atomic E-state index is 0.00138. The van der Waals surface area contributed by atoms with Crippen molar-refractivity contribution in [2.75, 3.05) is 13.1 Å². The van der Waals surface area contributed by atoms with E-state index in [-0.39, 0.29) is 11.3 Å². The Morgan fingerprint density at radius 1 is 1.15 bits per heavy atom. The van der Waals surface area contributed by atoms with E-state index in [0.717, 1.165) is 11.4 Å². The Labute approximate surface area is 152 Å². The van der Waals surface area contributed by atoms with Crippen molar-refractivity contribution in [1.29, 1.82) is 0 Å². The van der Waals surface area contributed by atoms with Gasteiger partial charge in [0.05, 0.1) is 0 Å². The maximum atomic E-state index is 13.2. The number of hydrogen-bond donors (Lipinski definition) is 0. The lowest BCUT2D eigenvalue weighted by Crippen LogP contribution is -2.32. The first-order valence-electron chi connectivity index (χ1n) is 8.90. The standard InChI is InChI=1S/C20H23N5O/c1-13-10-14(2)25-17(22-23-19(25)21-13)18(26)24-11-16(20(3,4)12-24)15-8-6-5-7-9-15/h5-10,16H,11-12H2,1-4H3/t16-/m0/s1. The van der Waals surface area contributed by atoms with Crippen molar-refractivity contribution in [2.45, 2.75) is 33.6 Å². The molecule has 0 N–H and O–H groups in total. The zero-order chi connectivity index (χ0) is 18.5. The summed E-state index contributed by atoms with van der Waals surface area (Å²) in [7, 11) is 0. The Morgan fingerprint density at radius 3 is 2.62 bits per heavy atom. The zero-order valence-electron chi connectivity index (χ0n) is 15.6. The molecule has 0 bridgehead atoms. The smallest absolute Gasteiger partial charge is 0.292 e. The van der Waals surface area contributed by atoms with Crippen LogP contribution in [0, 0.1) is 19.3 Å². The number of amides is 1. The fraction of sp³-hybridized carbons (Fsp3) is 0.400. The maximum Gasteiger partial charge on any atom is 0.292 e. The molecule has 2 aromatic heterocycles. The van der Waals surface area contributed by atoms with Crippen molar-refractivity contribution in [2.24, 2.45) is 5.41 Å². The van der Waals surface area contributed by atoms with E-state index < -0.39 is 0 Å². The molecule has 1 saturated heterocycles. The van der Waals surface area contributed by atoms with Gasteiger partial charge in [0.2, 0.25) is 5.82 Å². The predicted octanol–water partition coefficient (Wildman–Crippen LogP) is 3.01. The fourth-order valence-electron chi connectivity index (χ4n) is 4.04. The van der Waals surface area contributed by atoms with Crippen LogP contribution < -0.4 is 0 Å². The summed E-state index contributed by atoms with van der Waals surface area (Å²) in [6.07, 6.45) is 0. The number of likely N-dealkylation sites (tertiary alicyclic amines) is 1. The van der Waals surface area contributed by atoms with Crippen LogP contribution in [0.25, 0.3) is 5.78 Å². The lowest BCUT2D eigenvalue weighted by molar-refractivity contribution is 0.0764. The van der Waals surface area contributed by atoms with Crippen LogP contribution in [-0.2, 0) is 0 Å². The summed E-state index contributed by atoms with van der Waals surface area (Å²) in [5.74, 6) is 1.03. The van der Waals surface area contributed by atoms with Gasteiger partial charge in [-0.1, -0.05) is 44.2 Å². The third-order valence-corrected chi connectivity index (χ3v) is 5.32. The van der Waals surface area contributed by atoms with E-state index in [4.69, 9.17) is 0 Å². The zero-order valence-corrected chi connectivity index (χ0v) is 15.6. The molecule has 4 rings (SSSR count). The van der Waals surface area contributed by atoms with Crippen LogP contribution in [0.2, 0.25) is 0 Å². The molecule has 0 spiro atoms. The molecular weight excluding hydrogens is 326 g/mol. The van der Waals surface area contributed by atoms with Gasteiger partial charge in [-0.25, -0.2) is 4.98 Å². The largest absolute Gasteiger partial charge is 0.335 e. The van der Waals surface area contributed by atoms with E-state index in [2.05, 4.69) is 53.3 Å². The number of benzene rings is 1. The predicted molar refractivity (Wildman–Crippen MR) is 99.1 cm³/mol. The summed E-state index contributed by atoms with van der Waals surface area (Å²) < 4.78 is 1.75. The van der Waals surface area contributed by atoms with Crippen LogP contribution in [-0.4, -0.2) is 43.5 Å². The van der Waals surface area contributed by atoms with Gasteiger partial charge in [0.25, 0.3) is 11.7 Å². The van der Waals surface area contributed by atoms with Crippen molar-refractivity contribution >= 4 is 11.7 Å². The van der Waals surface area contributed by atoms with Gasteiger partial charge >= 0.3 is 0 Å². The summed E-state index contributed by atoms with van der Waals surface area (Å²) in [6, 6.07) is 12.4. The molecule has 3 heterocycles. The minimum Gasteiger partial charge on any atom is -0.335 e. The van der Waals surface area contributed by atoms with Crippen molar-refractivity contribution in [3.8, 4) is 0 Å². The van der Waals surface area contributed by atoms with Crippen molar-refractivity contribution in [1.82, 2.24) is 24.5 Å². The van der Waals surface area contributed by atoms with E-state index in [1.807, 2.05) is 30.9 Å². The fourth-order valence-corrected chi connectivity index (χ4v) is 4.04. The molecule has 1 aliphatic rings. The SMILES string of the molecule is Cc1cc(C)n2c(C(=O)N3C[C@@H](c4ccccc4)C(C)(C)C3)nnc2n1. The number of carbonyl (C=O) groups excluding carboxylic acids is 1. The van der Waals surface area contributed by atoms with Crippen LogP contribution in [0.15, 0.2) is 36.4 Å². The number of rotatable bonds is 2. The lowest BCUT2D eigenvalue weighted by Gasteiger charge is -2.25. The van der Waals surface area contributed by atoms with Crippen LogP contribution >= 0.6 is 0 Å². The maximum absolute atomic E-state index is 13.2. The first kappa shape index (κ1) is 16.7. The topological polar surface area (TPSA) is 63.4 Å². The number of nitrogens with zero attached hydrogens (tertiary/aromatic N) is 5. The highest BCUT2D eigenvalue weighted by Gasteiger charge is 2.43. The quantitative estimate of drug-likeness (QED) is 0.713. The van der Waals surface area contributed by atoms with Crippen LogP contribution in [0.5, 0.6) is 0 Å². The van der Waals surface area contributed by atoms with Gasteiger partial charge in [-0.3, -0.25) is 9.20 Å². The van der Waals surface area contributed by atoms with E-state index in [9.17, 15) is 4.79 Å². The molecule has 6 heteroatoms. The van der Waals surface area contributed by atoms with E-state index >= 15 is 0 Å². The van der Waals surface area contributed by atoms with Crippen LogP contribution in [0.4, 0.5) is 0 Å². The summed E-state index contributed by atoms with van der Waals surface area (Å²) in [5.41, 5.74) is 3.06. The Morgan fingerprint density at radius 2 is 1.88 bits per heavy atom. The van der Waals surface area contributed by atoms with Crippen molar-refractivity contribution < 1.29 is 4.79 Å². The molecule has 0 aliphatic carbocycles. The first-order valence-corrected chi connectivity index (χ1v) is 8.90. The summed E-state index contributed by atoms with van der Waals surface area (Å²) in [6.45, 7) is 9.67. The van der Waals surface area contributed by atoms with Crippen LogP contribution in [0.3, 0.4) is 0 Å². The highest BCUT2D eigenvalue weighted by molar-refractivity contribution is 5.91. The number of aromatic nitrogens is 4. The summed E-state index contributed by atoms with van der Waals surface area (Å²) in [5, 5.41) is 8.25. The minimum atomic E-state index is -0.0854. The van der Waals surface area contributed by atoms with Crippen molar-refractivity contribution in [3.63, 3.8) is 0 Å². The van der Waals surface area contributed by atoms with E-state index in [0.29, 0.717) is 30.6 Å². The molecule has 26 heavy (non-hydrogen) atoms. The molecule has 1 aromatic carbocycles. The molecule has 6 nitrogen and oxygen atoms in total. The Hall–Kier alpha value is -2.76. The highest BCUT2D eigenvalue weighted by atomic mass is 16.2. The average Bonchev–Trinajstić information content (AvgIpc) is 3.15. The number of fused-ring (bicyclic) bond motifs is 1. The highest BCUT2D eigenvalue weighted by Crippen LogP contribution is 2.42. The van der Waals surface area contributed by atoms with E-state index in [1.54, 1.807) is 4.40 Å². The number of aryl methyl sites for hydroxylation is 2. The number of carbonyl (C=O) groups is 1. The van der Waals surface area contributed by atoms with Gasteiger partial charge in [-0.2, -0.15) is 0 Å². The van der Waals surface area contributed by atoms with Gasteiger partial charge in [-0.05, 0) is 30.9 Å². The monoisotopic (exact) mass is 349 g/mol. The molecule has 0 saturated carbocycles. The summed E-state index contributed by atoms with van der Waals surface area (Å²) in [4.78, 5) is 19.5. The molecule has 1 atom stereocenters.